The summed E-state index contributed by atoms with van der Waals surface area (Å²) < 4.78 is 27.3. The number of rotatable bonds is 6. The summed E-state index contributed by atoms with van der Waals surface area (Å²) in [6.07, 6.45) is 1.78. The number of thiophene rings is 1. The fourth-order valence-electron chi connectivity index (χ4n) is 2.03. The van der Waals surface area contributed by atoms with E-state index in [-0.39, 0.29) is 20.9 Å². The Kier molecular flexibility index (Phi) is 5.47. The molecule has 21 heavy (non-hydrogen) atoms. The van der Waals surface area contributed by atoms with Gasteiger partial charge in [0.2, 0.25) is 0 Å². The quantitative estimate of drug-likeness (QED) is 0.602. The second kappa shape index (κ2) is 6.95. The summed E-state index contributed by atoms with van der Waals surface area (Å²) in [5.74, 6) is 1.79. The van der Waals surface area contributed by atoms with Crippen LogP contribution in [0.2, 0.25) is 0 Å². The first-order valence-corrected chi connectivity index (χ1v) is 10.0. The molecule has 1 aliphatic rings. The highest BCUT2D eigenvalue weighted by molar-refractivity contribution is 7.99. The van der Waals surface area contributed by atoms with Gasteiger partial charge < -0.3 is 5.32 Å². The van der Waals surface area contributed by atoms with E-state index < -0.39 is 14.9 Å². The molecule has 2 heterocycles. The highest BCUT2D eigenvalue weighted by Crippen LogP contribution is 2.37. The van der Waals surface area contributed by atoms with E-state index in [0.29, 0.717) is 6.54 Å². The minimum absolute atomic E-state index is 0.0132. The molecule has 7 nitrogen and oxygen atoms in total. The lowest BCUT2D eigenvalue weighted by Gasteiger charge is -2.21. The Bertz CT molecular complexity index is 608. The Morgan fingerprint density at radius 3 is 2.86 bits per heavy atom. The Morgan fingerprint density at radius 2 is 2.29 bits per heavy atom. The number of nitrogens with one attached hydrogen (secondary N) is 2. The predicted octanol–water partition coefficient (Wildman–Crippen LogP) is 2.26. The van der Waals surface area contributed by atoms with Gasteiger partial charge in [-0.2, -0.15) is 11.8 Å². The van der Waals surface area contributed by atoms with E-state index in [9.17, 15) is 18.5 Å². The van der Waals surface area contributed by atoms with E-state index >= 15 is 0 Å². The number of nitro groups is 1. The molecule has 2 N–H and O–H groups in total. The lowest BCUT2D eigenvalue weighted by Crippen LogP contribution is -2.37. The molecule has 2 rings (SSSR count). The van der Waals surface area contributed by atoms with Gasteiger partial charge in [0.15, 0.2) is 5.00 Å². The highest BCUT2D eigenvalue weighted by atomic mass is 32.2. The fourth-order valence-corrected chi connectivity index (χ4v) is 5.89. The van der Waals surface area contributed by atoms with Crippen LogP contribution in [0.1, 0.15) is 19.8 Å². The molecule has 0 spiro atoms. The van der Waals surface area contributed by atoms with Crippen LogP contribution in [0, 0.1) is 10.1 Å². The van der Waals surface area contributed by atoms with Crippen LogP contribution in [0.25, 0.3) is 0 Å². The van der Waals surface area contributed by atoms with Crippen molar-refractivity contribution < 1.29 is 13.3 Å². The zero-order valence-electron chi connectivity index (χ0n) is 11.5. The second-order valence-corrected chi connectivity index (χ2v) is 8.75. The van der Waals surface area contributed by atoms with Crippen LogP contribution in [-0.2, 0) is 10.0 Å². The maximum Gasteiger partial charge on any atom is 0.304 e. The molecule has 0 aromatic carbocycles. The van der Waals surface area contributed by atoms with Gasteiger partial charge in [-0.25, -0.2) is 13.1 Å². The number of nitrogens with zero attached hydrogens (tertiary/aromatic N) is 1. The largest absolute Gasteiger partial charge is 0.372 e. The van der Waals surface area contributed by atoms with Gasteiger partial charge in [-0.3, -0.25) is 10.1 Å². The molecule has 1 atom stereocenters. The van der Waals surface area contributed by atoms with Crippen LogP contribution in [0.5, 0.6) is 0 Å². The first-order valence-electron chi connectivity index (χ1n) is 6.56. The van der Waals surface area contributed by atoms with Gasteiger partial charge in [0.05, 0.1) is 4.92 Å². The monoisotopic (exact) mass is 351 g/mol. The van der Waals surface area contributed by atoms with Crippen molar-refractivity contribution in [3.8, 4) is 0 Å². The molecule has 0 amide bonds. The summed E-state index contributed by atoms with van der Waals surface area (Å²) in [4.78, 5) is 10.4. The smallest absolute Gasteiger partial charge is 0.304 e. The lowest BCUT2D eigenvalue weighted by atomic mass is 10.2. The van der Waals surface area contributed by atoms with Crippen molar-refractivity contribution in [3.05, 3.63) is 16.2 Å². The van der Waals surface area contributed by atoms with Crippen LogP contribution >= 0.6 is 23.1 Å². The summed E-state index contributed by atoms with van der Waals surface area (Å²) >= 11 is 2.61. The summed E-state index contributed by atoms with van der Waals surface area (Å²) in [5.41, 5.74) is -0.194. The molecular weight excluding hydrogens is 334 g/mol. The third-order valence-corrected chi connectivity index (χ3v) is 7.26. The van der Waals surface area contributed by atoms with Gasteiger partial charge in [-0.1, -0.05) is 11.3 Å². The van der Waals surface area contributed by atoms with Crippen molar-refractivity contribution in [2.75, 3.05) is 23.4 Å². The SMILES string of the molecule is CCNc1sc(S(=O)(=O)NC2CCCSC2)cc1[N+](=O)[O-]. The number of sulfonamides is 1. The summed E-state index contributed by atoms with van der Waals surface area (Å²) in [7, 11) is -3.70. The van der Waals surface area contributed by atoms with Gasteiger partial charge in [0, 0.05) is 24.4 Å². The second-order valence-electron chi connectivity index (χ2n) is 4.60. The number of thioether (sulfide) groups is 1. The molecule has 0 aliphatic carbocycles. The van der Waals surface area contributed by atoms with Gasteiger partial charge in [0.1, 0.15) is 4.21 Å². The van der Waals surface area contributed by atoms with Crippen LogP contribution in [-0.4, -0.2) is 37.4 Å². The third kappa shape index (κ3) is 4.09. The van der Waals surface area contributed by atoms with Crippen LogP contribution in [0.3, 0.4) is 0 Å². The molecular formula is C11H17N3O4S3. The van der Waals surface area contributed by atoms with Gasteiger partial charge in [-0.05, 0) is 25.5 Å². The van der Waals surface area contributed by atoms with Crippen molar-refractivity contribution in [3.63, 3.8) is 0 Å². The molecule has 0 radical (unpaired) electrons. The maximum absolute atomic E-state index is 12.3. The molecule has 10 heteroatoms. The topological polar surface area (TPSA) is 101 Å². The number of hydrogen-bond donors (Lipinski definition) is 2. The Hall–Kier alpha value is -0.840. The molecule has 1 unspecified atom stereocenters. The van der Waals surface area contributed by atoms with Crippen LogP contribution < -0.4 is 10.0 Å². The normalized spacial score (nSPS) is 19.4. The zero-order valence-corrected chi connectivity index (χ0v) is 13.9. The Labute approximate surface area is 131 Å². The van der Waals surface area contributed by atoms with E-state index in [4.69, 9.17) is 0 Å². The van der Waals surface area contributed by atoms with Gasteiger partial charge in [-0.15, -0.1) is 0 Å². The van der Waals surface area contributed by atoms with Gasteiger partial charge in [0.25, 0.3) is 10.0 Å². The van der Waals surface area contributed by atoms with E-state index in [2.05, 4.69) is 10.0 Å². The molecule has 118 valence electrons. The lowest BCUT2D eigenvalue weighted by molar-refractivity contribution is -0.383. The Morgan fingerprint density at radius 1 is 1.52 bits per heavy atom. The average Bonchev–Trinajstić information content (AvgIpc) is 2.85. The van der Waals surface area contributed by atoms with E-state index in [1.54, 1.807) is 18.7 Å². The van der Waals surface area contributed by atoms with Crippen LogP contribution in [0.4, 0.5) is 10.7 Å². The minimum atomic E-state index is -3.70. The van der Waals surface area contributed by atoms with Crippen molar-refractivity contribution >= 4 is 43.8 Å². The summed E-state index contributed by atoms with van der Waals surface area (Å²) in [6.45, 7) is 2.29. The first-order chi connectivity index (χ1) is 9.94. The van der Waals surface area contributed by atoms with E-state index in [1.807, 2.05) is 0 Å². The summed E-state index contributed by atoms with van der Waals surface area (Å²) in [6, 6.07) is 1.03. The van der Waals surface area contributed by atoms with E-state index in [0.717, 1.165) is 41.8 Å². The number of hydrogen-bond acceptors (Lipinski definition) is 7. The van der Waals surface area contributed by atoms with Crippen LogP contribution in [0.15, 0.2) is 10.3 Å². The Balaban J connectivity index is 2.22. The van der Waals surface area contributed by atoms with E-state index in [1.165, 1.54) is 0 Å². The summed E-state index contributed by atoms with van der Waals surface area (Å²) in [5, 5.41) is 14.1. The fraction of sp³-hybridized carbons (Fsp3) is 0.636. The highest BCUT2D eigenvalue weighted by Gasteiger charge is 2.28. The minimum Gasteiger partial charge on any atom is -0.372 e. The maximum atomic E-state index is 12.3. The third-order valence-electron chi connectivity index (χ3n) is 2.97. The molecule has 1 aromatic rings. The first kappa shape index (κ1) is 16.5. The molecule has 1 aromatic heterocycles. The average molecular weight is 351 g/mol. The van der Waals surface area contributed by atoms with Gasteiger partial charge >= 0.3 is 5.69 Å². The molecule has 1 fully saturated rings. The molecule has 0 saturated carbocycles. The molecule has 1 saturated heterocycles. The zero-order chi connectivity index (χ0) is 15.5. The van der Waals surface area contributed by atoms with Crippen molar-refractivity contribution in [2.45, 2.75) is 30.0 Å². The standard InChI is InChI=1S/C11H17N3O4S3/c1-2-12-11-9(14(15)16)6-10(20-11)21(17,18)13-8-4-3-5-19-7-8/h6,8,12-13H,2-5,7H2,1H3. The number of anilines is 1. The van der Waals surface area contributed by atoms with Crippen molar-refractivity contribution in [1.29, 1.82) is 0 Å². The molecule has 0 bridgehead atoms. The predicted molar refractivity (Wildman–Crippen MR) is 85.8 cm³/mol. The molecule has 1 aliphatic heterocycles. The van der Waals surface area contributed by atoms with Crippen molar-refractivity contribution in [2.24, 2.45) is 0 Å². The van der Waals surface area contributed by atoms with Crippen molar-refractivity contribution in [1.82, 2.24) is 4.72 Å².